The van der Waals surface area contributed by atoms with Crippen molar-refractivity contribution in [2.45, 2.75) is 92.5 Å². The smallest absolute Gasteiger partial charge is 0.264 e. The van der Waals surface area contributed by atoms with Crippen molar-refractivity contribution in [1.29, 1.82) is 0 Å². The molecule has 3 saturated heterocycles. The first-order valence-corrected chi connectivity index (χ1v) is 22.4. The van der Waals surface area contributed by atoms with E-state index < -0.39 is 56.4 Å². The normalized spacial score (nSPS) is 24.6. The summed E-state index contributed by atoms with van der Waals surface area (Å²) in [5.74, 6) is -1.42. The highest BCUT2D eigenvalue weighted by atomic mass is 32.2. The summed E-state index contributed by atoms with van der Waals surface area (Å²) >= 11 is 0. The number of nitrogens with one attached hydrogen (secondary N) is 2. The molecule has 4 amide bonds. The van der Waals surface area contributed by atoms with Crippen LogP contribution in [0, 0.1) is 5.92 Å². The average Bonchev–Trinajstić information content (AvgIpc) is 3.71. The molecule has 16 nitrogen and oxygen atoms in total. The van der Waals surface area contributed by atoms with Gasteiger partial charge in [0.05, 0.1) is 38.6 Å². The van der Waals surface area contributed by atoms with Gasteiger partial charge in [0, 0.05) is 49.4 Å². The Hall–Kier alpha value is -5.52. The molecule has 9 rings (SSSR count). The molecule has 1 saturated carbocycles. The lowest BCUT2D eigenvalue weighted by molar-refractivity contribution is -0.136. The highest BCUT2D eigenvalue weighted by Crippen LogP contribution is 2.40. The summed E-state index contributed by atoms with van der Waals surface area (Å²) < 4.78 is 29.1. The lowest BCUT2D eigenvalue weighted by atomic mass is 9.94. The Morgan fingerprint density at radius 2 is 1.63 bits per heavy atom. The molecule has 2 aromatic heterocycles. The van der Waals surface area contributed by atoms with Crippen molar-refractivity contribution in [2.24, 2.45) is 5.92 Å². The Morgan fingerprint density at radius 3 is 2.33 bits per heavy atom. The third-order valence-corrected chi connectivity index (χ3v) is 15.5. The van der Waals surface area contributed by atoms with Gasteiger partial charge in [-0.3, -0.25) is 38.8 Å². The number of hydrogen-bond acceptors (Lipinski definition) is 13. The highest BCUT2D eigenvalue weighted by molar-refractivity contribution is 7.92. The fourth-order valence-electron chi connectivity index (χ4n) is 9.87. The van der Waals surface area contributed by atoms with Crippen LogP contribution in [0.25, 0.3) is 11.0 Å². The molecule has 4 aromatic rings. The van der Waals surface area contributed by atoms with Crippen LogP contribution in [0.2, 0.25) is 0 Å². The molecular formula is C43H48N8O8S. The zero-order chi connectivity index (χ0) is 41.9. The Kier molecular flexibility index (Phi) is 10.3. The van der Waals surface area contributed by atoms with E-state index in [1.165, 1.54) is 6.07 Å². The largest absolute Gasteiger partial charge is 0.388 e. The number of sulfone groups is 1. The third-order valence-electron chi connectivity index (χ3n) is 13.2. The van der Waals surface area contributed by atoms with E-state index in [2.05, 4.69) is 30.4 Å². The Bertz CT molecular complexity index is 2560. The van der Waals surface area contributed by atoms with Gasteiger partial charge in [0.25, 0.3) is 17.4 Å². The summed E-state index contributed by atoms with van der Waals surface area (Å²) in [6.07, 6.45) is 6.65. The number of imide groups is 2. The van der Waals surface area contributed by atoms with Crippen molar-refractivity contribution in [3.8, 4) is 0 Å². The van der Waals surface area contributed by atoms with Gasteiger partial charge in [0.15, 0.2) is 9.84 Å². The van der Waals surface area contributed by atoms with Crippen LogP contribution in [0.15, 0.2) is 70.5 Å². The number of carbonyl (C=O) groups is 4. The molecule has 0 bridgehead atoms. The van der Waals surface area contributed by atoms with Crippen LogP contribution in [-0.4, -0.2) is 111 Å². The van der Waals surface area contributed by atoms with Crippen molar-refractivity contribution >= 4 is 61.8 Å². The third kappa shape index (κ3) is 7.25. The zero-order valence-corrected chi connectivity index (χ0v) is 34.2. The van der Waals surface area contributed by atoms with Crippen LogP contribution in [0.4, 0.5) is 17.3 Å². The molecular weight excluding hydrogens is 789 g/mol. The monoisotopic (exact) mass is 836 g/mol. The predicted octanol–water partition coefficient (Wildman–Crippen LogP) is 3.57. The van der Waals surface area contributed by atoms with E-state index in [-0.39, 0.29) is 34.8 Å². The predicted molar refractivity (Wildman–Crippen MR) is 222 cm³/mol. The van der Waals surface area contributed by atoms with Crippen LogP contribution >= 0.6 is 0 Å². The van der Waals surface area contributed by atoms with Gasteiger partial charge in [-0.2, -0.15) is 4.98 Å². The second-order valence-corrected chi connectivity index (χ2v) is 19.3. The topological polar surface area (TPSA) is 204 Å². The Balaban J connectivity index is 0.785. The van der Waals surface area contributed by atoms with E-state index in [1.54, 1.807) is 60.2 Å². The van der Waals surface area contributed by atoms with Crippen LogP contribution in [0.5, 0.6) is 0 Å². The second-order valence-electron chi connectivity index (χ2n) is 17.1. The van der Waals surface area contributed by atoms with Crippen LogP contribution in [0.3, 0.4) is 0 Å². The van der Waals surface area contributed by atoms with Gasteiger partial charge >= 0.3 is 0 Å². The van der Waals surface area contributed by atoms with Crippen molar-refractivity contribution < 1.29 is 32.7 Å². The van der Waals surface area contributed by atoms with Crippen molar-refractivity contribution in [3.63, 3.8) is 0 Å². The number of aromatic nitrogens is 3. The number of aliphatic hydroxyl groups is 1. The van der Waals surface area contributed by atoms with Crippen molar-refractivity contribution in [1.82, 2.24) is 29.7 Å². The van der Waals surface area contributed by atoms with E-state index in [9.17, 15) is 37.5 Å². The first kappa shape index (κ1) is 39.9. The number of carbonyl (C=O) groups excluding carboxylic acids is 4. The molecule has 3 atom stereocenters. The fraction of sp³-hybridized carbons (Fsp3) is 0.465. The molecule has 0 spiro atoms. The minimum absolute atomic E-state index is 0.0651. The molecule has 17 heteroatoms. The van der Waals surface area contributed by atoms with E-state index in [4.69, 9.17) is 0 Å². The number of hydrogen-bond donors (Lipinski definition) is 3. The quantitative estimate of drug-likeness (QED) is 0.207. The maximum Gasteiger partial charge on any atom is 0.264 e. The number of nitrogens with zero attached hydrogens (tertiary/aromatic N) is 6. The molecule has 1 aliphatic carbocycles. The number of benzene rings is 2. The summed E-state index contributed by atoms with van der Waals surface area (Å²) in [6.45, 7) is 5.32. The molecule has 5 aliphatic rings. The fourth-order valence-corrected chi connectivity index (χ4v) is 11.6. The molecule has 2 aromatic carbocycles. The van der Waals surface area contributed by atoms with Crippen molar-refractivity contribution in [3.05, 3.63) is 82.3 Å². The maximum absolute atomic E-state index is 13.8. The summed E-state index contributed by atoms with van der Waals surface area (Å²) in [5, 5.41) is 16.5. The van der Waals surface area contributed by atoms with Crippen molar-refractivity contribution in [2.75, 3.05) is 42.9 Å². The first-order valence-electron chi connectivity index (χ1n) is 20.8. The van der Waals surface area contributed by atoms with Gasteiger partial charge in [-0.15, -0.1) is 0 Å². The van der Waals surface area contributed by atoms with Gasteiger partial charge in [-0.05, 0) is 120 Å². The number of piperidine rings is 3. The molecule has 6 heterocycles. The van der Waals surface area contributed by atoms with E-state index >= 15 is 0 Å². The first-order chi connectivity index (χ1) is 28.8. The van der Waals surface area contributed by atoms with Crippen LogP contribution in [-0.2, 0) is 19.4 Å². The molecule has 4 fully saturated rings. The van der Waals surface area contributed by atoms with E-state index in [0.717, 1.165) is 30.7 Å². The molecule has 1 unspecified atom stereocenters. The summed E-state index contributed by atoms with van der Waals surface area (Å²) in [7, 11) is -3.58. The summed E-state index contributed by atoms with van der Waals surface area (Å²) in [5.41, 5.74) is 1.02. The molecule has 3 N–H and O–H groups in total. The van der Waals surface area contributed by atoms with Gasteiger partial charge < -0.3 is 20.2 Å². The van der Waals surface area contributed by atoms with Gasteiger partial charge in [-0.1, -0.05) is 6.07 Å². The van der Waals surface area contributed by atoms with Gasteiger partial charge in [0.1, 0.15) is 11.7 Å². The number of rotatable bonds is 9. The summed E-state index contributed by atoms with van der Waals surface area (Å²) in [6, 6.07) is 13.5. The summed E-state index contributed by atoms with van der Waals surface area (Å²) in [4.78, 5) is 79.0. The Labute approximate surface area is 346 Å². The number of likely N-dealkylation sites (tertiary alicyclic amines) is 1. The second kappa shape index (κ2) is 15.5. The van der Waals surface area contributed by atoms with E-state index in [1.807, 2.05) is 6.07 Å². The lowest BCUT2D eigenvalue weighted by Crippen LogP contribution is -2.54. The van der Waals surface area contributed by atoms with Crippen LogP contribution in [0.1, 0.15) is 91.5 Å². The number of anilines is 3. The average molecular weight is 837 g/mol. The SMILES string of the molecule is C[C@@]1(O)CCC[C@H]1n1c(=O)ccc2cnc(Nc3ccc(S(=O)(=O)C4CCN(CC5CCN(c6cccc7c6C(=O)N(C6CCC(=O)NC6=O)C7=O)CC5)CC4)cc3)nc21. The Morgan fingerprint density at radius 1 is 0.883 bits per heavy atom. The minimum Gasteiger partial charge on any atom is -0.388 e. The molecule has 4 aliphatic heterocycles. The minimum atomic E-state index is -3.58. The van der Waals surface area contributed by atoms with Gasteiger partial charge in [0.2, 0.25) is 17.8 Å². The van der Waals surface area contributed by atoms with Gasteiger partial charge in [-0.25, -0.2) is 13.4 Å². The maximum atomic E-state index is 13.8. The molecule has 0 radical (unpaired) electrons. The van der Waals surface area contributed by atoms with E-state index in [0.29, 0.717) is 85.8 Å². The molecule has 60 heavy (non-hydrogen) atoms. The highest BCUT2D eigenvalue weighted by Gasteiger charge is 2.46. The lowest BCUT2D eigenvalue weighted by Gasteiger charge is -2.38. The molecule has 314 valence electrons. The standard InChI is InChI=1S/C43H48N8O8S/c1-43(57)19-3-6-34(43)51-36(53)14-7-27-24-44-42(47-38(27)51)45-28-8-10-29(11-9-28)60(58,59)30-17-20-48(21-18-30)25-26-15-22-49(23-16-26)32-5-2-4-31-37(32)41(56)50(40(31)55)33-12-13-35(52)46-39(33)54/h2,4-5,7-11,14,24,26,30,33-34,57H,3,6,12-13,15-23,25H2,1H3,(H,44,45,47)(H,46,52,54)/t33?,34-,43-/m1/s1. The number of amides is 4. The number of pyridine rings is 1. The van der Waals surface area contributed by atoms with Crippen LogP contribution < -0.4 is 21.1 Å². The number of fused-ring (bicyclic) bond motifs is 2. The zero-order valence-electron chi connectivity index (χ0n) is 33.4.